The molecule has 0 aliphatic rings. The van der Waals surface area contributed by atoms with E-state index in [4.69, 9.17) is 14.3 Å². The van der Waals surface area contributed by atoms with Gasteiger partial charge in [-0.3, -0.25) is 0 Å². The third-order valence-electron chi connectivity index (χ3n) is 2.45. The van der Waals surface area contributed by atoms with Crippen molar-refractivity contribution < 1.29 is 19.1 Å². The van der Waals surface area contributed by atoms with Crippen LogP contribution in [-0.2, 0) is 4.79 Å². The Kier molecular flexibility index (Phi) is 2.87. The predicted molar refractivity (Wildman–Crippen MR) is 64.1 cm³/mol. The van der Waals surface area contributed by atoms with E-state index in [-0.39, 0.29) is 0 Å². The molecule has 0 bridgehead atoms. The number of hydrogen-bond acceptors (Lipinski definition) is 3. The third kappa shape index (κ3) is 2.30. The molecule has 88 valence electrons. The van der Waals surface area contributed by atoms with Gasteiger partial charge in [-0.05, 0) is 36.8 Å². The van der Waals surface area contributed by atoms with Gasteiger partial charge in [-0.1, -0.05) is 0 Å². The molecular formula is C13H12O4. The second-order valence-electron chi connectivity index (χ2n) is 3.68. The summed E-state index contributed by atoms with van der Waals surface area (Å²) in [5.41, 5.74) is 1.28. The molecule has 4 heteroatoms. The van der Waals surface area contributed by atoms with Gasteiger partial charge in [-0.25, -0.2) is 4.79 Å². The van der Waals surface area contributed by atoms with Crippen LogP contribution in [0.4, 0.5) is 0 Å². The highest BCUT2D eigenvalue weighted by Gasteiger charge is 2.07. The summed E-state index contributed by atoms with van der Waals surface area (Å²) in [7, 11) is 1.59. The maximum Gasteiger partial charge on any atom is 0.328 e. The molecule has 0 saturated carbocycles. The number of hydrogen-bond donors (Lipinski definition) is 1. The summed E-state index contributed by atoms with van der Waals surface area (Å²) >= 11 is 0. The molecule has 1 N–H and O–H groups in total. The van der Waals surface area contributed by atoms with Gasteiger partial charge in [0.1, 0.15) is 17.1 Å². The van der Waals surface area contributed by atoms with Crippen molar-refractivity contribution in [1.29, 1.82) is 0 Å². The maximum atomic E-state index is 10.6. The fourth-order valence-corrected chi connectivity index (χ4v) is 1.60. The maximum absolute atomic E-state index is 10.6. The molecule has 0 aliphatic heterocycles. The summed E-state index contributed by atoms with van der Waals surface area (Å²) < 4.78 is 10.6. The normalized spacial score (nSPS) is 11.8. The second-order valence-corrected chi connectivity index (χ2v) is 3.68. The third-order valence-corrected chi connectivity index (χ3v) is 2.45. The minimum atomic E-state index is -0.986. The van der Waals surface area contributed by atoms with Crippen molar-refractivity contribution >= 4 is 22.5 Å². The van der Waals surface area contributed by atoms with Crippen molar-refractivity contribution in [2.45, 2.75) is 6.92 Å². The van der Waals surface area contributed by atoms with E-state index in [1.54, 1.807) is 32.2 Å². The van der Waals surface area contributed by atoms with Crippen LogP contribution in [0.25, 0.3) is 16.5 Å². The summed E-state index contributed by atoms with van der Waals surface area (Å²) in [6, 6.07) is 7.24. The average Bonchev–Trinajstić information content (AvgIpc) is 2.70. The standard InChI is InChI=1S/C13H12O4/c1-8(5-13(14)15)12-7-9-6-10(16-2)3-4-11(9)17-12/h3-7H,1-2H3,(H,14,15)/b8-5+. The van der Waals surface area contributed by atoms with Crippen LogP contribution >= 0.6 is 0 Å². The van der Waals surface area contributed by atoms with Crippen LogP contribution in [-0.4, -0.2) is 18.2 Å². The Balaban J connectivity index is 2.47. The van der Waals surface area contributed by atoms with Crippen molar-refractivity contribution in [1.82, 2.24) is 0 Å². The number of fused-ring (bicyclic) bond motifs is 1. The number of benzene rings is 1. The van der Waals surface area contributed by atoms with Crippen LogP contribution in [0.2, 0.25) is 0 Å². The quantitative estimate of drug-likeness (QED) is 0.826. The smallest absolute Gasteiger partial charge is 0.328 e. The first-order chi connectivity index (χ1) is 8.10. The van der Waals surface area contributed by atoms with Crippen molar-refractivity contribution in [3.63, 3.8) is 0 Å². The minimum Gasteiger partial charge on any atom is -0.497 e. The van der Waals surface area contributed by atoms with Gasteiger partial charge in [0.15, 0.2) is 0 Å². The molecule has 4 nitrogen and oxygen atoms in total. The largest absolute Gasteiger partial charge is 0.497 e. The van der Waals surface area contributed by atoms with E-state index in [0.29, 0.717) is 16.9 Å². The van der Waals surface area contributed by atoms with E-state index < -0.39 is 5.97 Å². The lowest BCUT2D eigenvalue weighted by molar-refractivity contribution is -0.131. The Morgan fingerprint density at radius 1 is 1.41 bits per heavy atom. The summed E-state index contributed by atoms with van der Waals surface area (Å²) in [5.74, 6) is 0.306. The van der Waals surface area contributed by atoms with Crippen LogP contribution in [0.5, 0.6) is 5.75 Å². The molecule has 1 aromatic carbocycles. The zero-order chi connectivity index (χ0) is 12.4. The molecule has 0 unspecified atom stereocenters. The van der Waals surface area contributed by atoms with Crippen molar-refractivity contribution in [2.75, 3.05) is 7.11 Å². The number of methoxy groups -OCH3 is 1. The van der Waals surface area contributed by atoms with E-state index in [1.807, 2.05) is 6.07 Å². The van der Waals surface area contributed by atoms with Crippen molar-refractivity contribution in [3.05, 3.63) is 36.1 Å². The van der Waals surface area contributed by atoms with Gasteiger partial charge in [-0.15, -0.1) is 0 Å². The number of ether oxygens (including phenoxy) is 1. The molecule has 0 amide bonds. The van der Waals surface area contributed by atoms with Gasteiger partial charge in [-0.2, -0.15) is 0 Å². The van der Waals surface area contributed by atoms with Gasteiger partial charge >= 0.3 is 5.97 Å². The Labute approximate surface area is 98.1 Å². The molecule has 1 heterocycles. The molecular weight excluding hydrogens is 220 g/mol. The Bertz CT molecular complexity index is 592. The summed E-state index contributed by atoms with van der Waals surface area (Å²) in [6.45, 7) is 1.70. The summed E-state index contributed by atoms with van der Waals surface area (Å²) in [5, 5.41) is 9.55. The number of allylic oxidation sites excluding steroid dienone is 1. The first-order valence-corrected chi connectivity index (χ1v) is 5.09. The molecule has 0 radical (unpaired) electrons. The van der Waals surface area contributed by atoms with Gasteiger partial charge in [0.25, 0.3) is 0 Å². The molecule has 2 aromatic rings. The van der Waals surface area contributed by atoms with Gasteiger partial charge in [0, 0.05) is 11.5 Å². The molecule has 0 saturated heterocycles. The zero-order valence-corrected chi connectivity index (χ0v) is 9.56. The van der Waals surface area contributed by atoms with E-state index >= 15 is 0 Å². The average molecular weight is 232 g/mol. The summed E-state index contributed by atoms with van der Waals surface area (Å²) in [4.78, 5) is 10.6. The number of rotatable bonds is 3. The van der Waals surface area contributed by atoms with Gasteiger partial charge < -0.3 is 14.3 Å². The lowest BCUT2D eigenvalue weighted by atomic mass is 10.2. The van der Waals surface area contributed by atoms with Crippen LogP contribution in [0.3, 0.4) is 0 Å². The molecule has 0 atom stereocenters. The van der Waals surface area contributed by atoms with E-state index in [9.17, 15) is 4.79 Å². The molecule has 0 fully saturated rings. The number of furan rings is 1. The number of carboxylic acid groups (broad SMARTS) is 1. The SMILES string of the molecule is COc1ccc2oc(/C(C)=C/C(=O)O)cc2c1. The van der Waals surface area contributed by atoms with Crippen molar-refractivity contribution in [3.8, 4) is 5.75 Å². The highest BCUT2D eigenvalue weighted by atomic mass is 16.5. The van der Waals surface area contributed by atoms with Crippen LogP contribution in [0.15, 0.2) is 34.8 Å². The number of carboxylic acids is 1. The zero-order valence-electron chi connectivity index (χ0n) is 9.56. The first kappa shape index (κ1) is 11.3. The van der Waals surface area contributed by atoms with E-state index in [2.05, 4.69) is 0 Å². The van der Waals surface area contributed by atoms with Crippen molar-refractivity contribution in [2.24, 2.45) is 0 Å². The fourth-order valence-electron chi connectivity index (χ4n) is 1.60. The fraction of sp³-hybridized carbons (Fsp3) is 0.154. The lowest BCUT2D eigenvalue weighted by Gasteiger charge is -1.96. The molecule has 0 spiro atoms. The van der Waals surface area contributed by atoms with Crippen LogP contribution in [0.1, 0.15) is 12.7 Å². The molecule has 0 aliphatic carbocycles. The predicted octanol–water partition coefficient (Wildman–Crippen LogP) is 2.93. The Hall–Kier alpha value is -2.23. The molecule has 2 rings (SSSR count). The Morgan fingerprint density at radius 3 is 2.82 bits per heavy atom. The topological polar surface area (TPSA) is 59.7 Å². The second kappa shape index (κ2) is 4.33. The van der Waals surface area contributed by atoms with Crippen LogP contribution < -0.4 is 4.74 Å². The number of carbonyl (C=O) groups is 1. The monoisotopic (exact) mass is 232 g/mol. The molecule has 17 heavy (non-hydrogen) atoms. The lowest BCUT2D eigenvalue weighted by Crippen LogP contribution is -1.88. The highest BCUT2D eigenvalue weighted by Crippen LogP contribution is 2.27. The van der Waals surface area contributed by atoms with Crippen LogP contribution in [0, 0.1) is 0 Å². The van der Waals surface area contributed by atoms with E-state index in [1.165, 1.54) is 0 Å². The number of aliphatic carboxylic acids is 1. The first-order valence-electron chi connectivity index (χ1n) is 5.09. The highest BCUT2D eigenvalue weighted by molar-refractivity contribution is 5.91. The Morgan fingerprint density at radius 2 is 2.18 bits per heavy atom. The molecule has 1 aromatic heterocycles. The summed E-state index contributed by atoms with van der Waals surface area (Å²) in [6.07, 6.45) is 1.12. The van der Waals surface area contributed by atoms with E-state index in [0.717, 1.165) is 17.2 Å². The minimum absolute atomic E-state index is 0.552. The van der Waals surface area contributed by atoms with Gasteiger partial charge in [0.05, 0.1) is 7.11 Å². The van der Waals surface area contributed by atoms with Gasteiger partial charge in [0.2, 0.25) is 0 Å².